The van der Waals surface area contributed by atoms with Crippen molar-refractivity contribution in [3.05, 3.63) is 0 Å². The predicted molar refractivity (Wildman–Crippen MR) is 42.2 cm³/mol. The number of nitrogens with two attached hydrogens (primary N) is 1. The first-order chi connectivity index (χ1) is 5.29. The Morgan fingerprint density at radius 2 is 2.27 bits per heavy atom. The zero-order chi connectivity index (χ0) is 8.10. The van der Waals surface area contributed by atoms with E-state index in [1.54, 1.807) is 0 Å². The molecule has 0 saturated carbocycles. The maximum Gasteiger partial charge on any atom is 0.312 e. The lowest BCUT2D eigenvalue weighted by molar-refractivity contribution is 0.248. The zero-order valence-electron chi connectivity index (χ0n) is 6.39. The molecule has 1 fully saturated rings. The number of carbonyl (C=O) groups excluding carboxylic acids is 1. The van der Waals surface area contributed by atoms with Crippen molar-refractivity contribution in [1.82, 2.24) is 16.0 Å². The summed E-state index contributed by atoms with van der Waals surface area (Å²) in [5, 5.41) is 8.88. The summed E-state index contributed by atoms with van der Waals surface area (Å²) in [6.45, 7) is 3.44. The highest BCUT2D eigenvalue weighted by molar-refractivity contribution is 5.71. The summed E-state index contributed by atoms with van der Waals surface area (Å²) >= 11 is 0. The Labute approximate surface area is 65.7 Å². The molecule has 0 spiro atoms. The van der Waals surface area contributed by atoms with Gasteiger partial charge in [-0.3, -0.25) is 0 Å². The van der Waals surface area contributed by atoms with Crippen LogP contribution in [0.5, 0.6) is 0 Å². The van der Waals surface area contributed by atoms with E-state index in [4.69, 9.17) is 5.73 Å². The molecule has 0 aromatic rings. The van der Waals surface area contributed by atoms with E-state index >= 15 is 0 Å². The Kier molecular flexibility index (Phi) is 3.13. The fourth-order valence-electron chi connectivity index (χ4n) is 0.895. The number of urea groups is 1. The summed E-state index contributed by atoms with van der Waals surface area (Å²) < 4.78 is 0. The van der Waals surface area contributed by atoms with Crippen LogP contribution >= 0.6 is 0 Å². The third kappa shape index (κ3) is 3.20. The second-order valence-corrected chi connectivity index (χ2v) is 2.60. The molecule has 1 rings (SSSR count). The number of carbonyl (C=O) groups is 1. The standard InChI is InChI=1S/C6H14N4O/c7-6(11)10-2-1-9-5-3-8-4-5/h5,8-9H,1-4H2,(H3,7,10,11). The minimum Gasteiger partial charge on any atom is -0.352 e. The lowest BCUT2D eigenvalue weighted by atomic mass is 10.2. The van der Waals surface area contributed by atoms with Crippen LogP contribution in [0.1, 0.15) is 0 Å². The first kappa shape index (κ1) is 8.29. The van der Waals surface area contributed by atoms with E-state index in [0.29, 0.717) is 12.6 Å². The number of nitrogens with one attached hydrogen (secondary N) is 3. The van der Waals surface area contributed by atoms with Crippen molar-refractivity contribution in [2.75, 3.05) is 26.2 Å². The Morgan fingerprint density at radius 3 is 2.73 bits per heavy atom. The van der Waals surface area contributed by atoms with Gasteiger partial charge in [0.15, 0.2) is 0 Å². The van der Waals surface area contributed by atoms with Gasteiger partial charge in [-0.25, -0.2) is 4.79 Å². The molecule has 5 N–H and O–H groups in total. The van der Waals surface area contributed by atoms with Gasteiger partial charge in [-0.05, 0) is 0 Å². The van der Waals surface area contributed by atoms with Crippen LogP contribution in [0.3, 0.4) is 0 Å². The summed E-state index contributed by atoms with van der Waals surface area (Å²) in [6.07, 6.45) is 0. The van der Waals surface area contributed by atoms with Crippen LogP contribution in [-0.2, 0) is 0 Å². The van der Waals surface area contributed by atoms with Gasteiger partial charge >= 0.3 is 6.03 Å². The summed E-state index contributed by atoms with van der Waals surface area (Å²) in [5.41, 5.74) is 4.87. The van der Waals surface area contributed by atoms with Gasteiger partial charge in [0.1, 0.15) is 0 Å². The third-order valence-electron chi connectivity index (χ3n) is 1.64. The van der Waals surface area contributed by atoms with Crippen LogP contribution in [0.15, 0.2) is 0 Å². The Hall–Kier alpha value is -0.810. The summed E-state index contributed by atoms with van der Waals surface area (Å²) in [6, 6.07) is 0.114. The van der Waals surface area contributed by atoms with E-state index in [0.717, 1.165) is 19.6 Å². The minimum absolute atomic E-state index is 0.460. The van der Waals surface area contributed by atoms with Gasteiger partial charge in [0.05, 0.1) is 0 Å². The maximum atomic E-state index is 10.2. The molecular formula is C6H14N4O. The molecule has 1 aliphatic heterocycles. The second-order valence-electron chi connectivity index (χ2n) is 2.60. The van der Waals surface area contributed by atoms with Crippen molar-refractivity contribution >= 4 is 6.03 Å². The molecule has 5 heteroatoms. The van der Waals surface area contributed by atoms with E-state index in [9.17, 15) is 4.79 Å². The van der Waals surface area contributed by atoms with Gasteiger partial charge < -0.3 is 21.7 Å². The molecule has 1 saturated heterocycles. The molecule has 0 aromatic heterocycles. The Morgan fingerprint density at radius 1 is 1.55 bits per heavy atom. The number of rotatable bonds is 4. The average Bonchev–Trinajstić information content (AvgIpc) is 1.82. The maximum absolute atomic E-state index is 10.2. The van der Waals surface area contributed by atoms with E-state index in [1.807, 2.05) is 0 Å². The van der Waals surface area contributed by atoms with Crippen LogP contribution in [0.25, 0.3) is 0 Å². The largest absolute Gasteiger partial charge is 0.352 e. The number of primary amides is 1. The number of amides is 2. The highest BCUT2D eigenvalue weighted by Gasteiger charge is 2.14. The predicted octanol–water partition coefficient (Wildman–Crippen LogP) is -1.78. The quantitative estimate of drug-likeness (QED) is 0.365. The van der Waals surface area contributed by atoms with Gasteiger partial charge in [-0.15, -0.1) is 0 Å². The minimum atomic E-state index is -0.460. The summed E-state index contributed by atoms with van der Waals surface area (Å²) in [7, 11) is 0. The highest BCUT2D eigenvalue weighted by atomic mass is 16.2. The second kappa shape index (κ2) is 4.15. The average molecular weight is 158 g/mol. The molecule has 0 aliphatic carbocycles. The van der Waals surface area contributed by atoms with E-state index in [1.165, 1.54) is 0 Å². The van der Waals surface area contributed by atoms with Crippen LogP contribution in [0.2, 0.25) is 0 Å². The molecular weight excluding hydrogens is 144 g/mol. The Bertz CT molecular complexity index is 135. The first-order valence-electron chi connectivity index (χ1n) is 3.76. The molecule has 11 heavy (non-hydrogen) atoms. The SMILES string of the molecule is NC(=O)NCCNC1CNC1. The monoisotopic (exact) mass is 158 g/mol. The number of hydrogen-bond donors (Lipinski definition) is 4. The van der Waals surface area contributed by atoms with Crippen molar-refractivity contribution < 1.29 is 4.79 Å². The Balaban J connectivity index is 1.83. The molecule has 0 unspecified atom stereocenters. The van der Waals surface area contributed by atoms with Crippen molar-refractivity contribution in [3.8, 4) is 0 Å². The van der Waals surface area contributed by atoms with Gasteiger partial charge in [0, 0.05) is 32.2 Å². The van der Waals surface area contributed by atoms with Crippen molar-refractivity contribution in [2.45, 2.75) is 6.04 Å². The third-order valence-corrected chi connectivity index (χ3v) is 1.64. The van der Waals surface area contributed by atoms with Crippen LogP contribution in [0.4, 0.5) is 4.79 Å². The van der Waals surface area contributed by atoms with Gasteiger partial charge in [0.2, 0.25) is 0 Å². The van der Waals surface area contributed by atoms with Gasteiger partial charge in [-0.2, -0.15) is 0 Å². The highest BCUT2D eigenvalue weighted by Crippen LogP contribution is 1.87. The molecule has 2 amide bonds. The fraction of sp³-hybridized carbons (Fsp3) is 0.833. The van der Waals surface area contributed by atoms with Crippen LogP contribution in [0, 0.1) is 0 Å². The van der Waals surface area contributed by atoms with Crippen LogP contribution < -0.4 is 21.7 Å². The van der Waals surface area contributed by atoms with Crippen molar-refractivity contribution in [1.29, 1.82) is 0 Å². The molecule has 0 radical (unpaired) electrons. The van der Waals surface area contributed by atoms with E-state index < -0.39 is 6.03 Å². The lowest BCUT2D eigenvalue weighted by Gasteiger charge is -2.28. The number of hydrogen-bond acceptors (Lipinski definition) is 3. The molecule has 0 atom stereocenters. The smallest absolute Gasteiger partial charge is 0.312 e. The van der Waals surface area contributed by atoms with Gasteiger partial charge in [-0.1, -0.05) is 0 Å². The van der Waals surface area contributed by atoms with Gasteiger partial charge in [0.25, 0.3) is 0 Å². The lowest BCUT2D eigenvalue weighted by Crippen LogP contribution is -2.56. The summed E-state index contributed by atoms with van der Waals surface area (Å²) in [4.78, 5) is 10.2. The first-order valence-corrected chi connectivity index (χ1v) is 3.76. The molecule has 0 aromatic carbocycles. The molecule has 5 nitrogen and oxygen atoms in total. The molecule has 1 aliphatic rings. The fourth-order valence-corrected chi connectivity index (χ4v) is 0.895. The zero-order valence-corrected chi connectivity index (χ0v) is 6.39. The van der Waals surface area contributed by atoms with E-state index in [2.05, 4.69) is 16.0 Å². The van der Waals surface area contributed by atoms with Crippen molar-refractivity contribution in [2.24, 2.45) is 5.73 Å². The normalized spacial score (nSPS) is 17.5. The topological polar surface area (TPSA) is 79.2 Å². The molecule has 64 valence electrons. The van der Waals surface area contributed by atoms with Crippen LogP contribution in [-0.4, -0.2) is 38.3 Å². The van der Waals surface area contributed by atoms with E-state index in [-0.39, 0.29) is 0 Å². The summed E-state index contributed by atoms with van der Waals surface area (Å²) in [5.74, 6) is 0. The molecule has 0 bridgehead atoms. The van der Waals surface area contributed by atoms with Crippen molar-refractivity contribution in [3.63, 3.8) is 0 Å². The molecule has 1 heterocycles.